The van der Waals surface area contributed by atoms with Crippen molar-refractivity contribution in [1.82, 2.24) is 0 Å². The van der Waals surface area contributed by atoms with Crippen LogP contribution in [0.5, 0.6) is 0 Å². The van der Waals surface area contributed by atoms with Crippen LogP contribution in [0.1, 0.15) is 18.5 Å². The van der Waals surface area contributed by atoms with E-state index < -0.39 is 0 Å². The second-order valence-corrected chi connectivity index (χ2v) is 5.42. The Bertz CT molecular complexity index is 584. The fraction of sp³-hybridized carbons (Fsp3) is 0.200. The number of para-hydroxylation sites is 1. The van der Waals surface area contributed by atoms with E-state index in [1.807, 2.05) is 43.1 Å². The fourth-order valence-electron chi connectivity index (χ4n) is 2.05. The molecule has 0 aliphatic rings. The van der Waals surface area contributed by atoms with Gasteiger partial charge in [0.25, 0.3) is 0 Å². The van der Waals surface area contributed by atoms with Crippen LogP contribution < -0.4 is 10.6 Å². The van der Waals surface area contributed by atoms with E-state index >= 15 is 0 Å². The average Bonchev–Trinajstić information content (AvgIpc) is 2.38. The van der Waals surface area contributed by atoms with E-state index in [9.17, 15) is 4.39 Å². The predicted molar refractivity (Wildman–Crippen MR) is 81.2 cm³/mol. The standard InChI is InChI=1S/C15H16BrFN2/c1-10(18)12-9-11(16)7-8-14(12)19(2)15-6-4-3-5-13(15)17/h3-10H,18H2,1-2H3. The van der Waals surface area contributed by atoms with Crippen molar-refractivity contribution in [3.63, 3.8) is 0 Å². The summed E-state index contributed by atoms with van der Waals surface area (Å²) in [6.45, 7) is 1.92. The van der Waals surface area contributed by atoms with E-state index in [-0.39, 0.29) is 11.9 Å². The van der Waals surface area contributed by atoms with Gasteiger partial charge in [-0.1, -0.05) is 28.1 Å². The Morgan fingerprint density at radius 2 is 1.84 bits per heavy atom. The number of benzene rings is 2. The molecule has 0 aliphatic carbocycles. The first-order valence-corrected chi connectivity index (χ1v) is 6.83. The molecule has 100 valence electrons. The van der Waals surface area contributed by atoms with Crippen molar-refractivity contribution >= 4 is 27.3 Å². The molecule has 0 aromatic heterocycles. The van der Waals surface area contributed by atoms with Gasteiger partial charge in [-0.25, -0.2) is 4.39 Å². The topological polar surface area (TPSA) is 29.3 Å². The third kappa shape index (κ3) is 2.96. The molecule has 1 atom stereocenters. The Balaban J connectivity index is 2.50. The fourth-order valence-corrected chi connectivity index (χ4v) is 2.43. The molecule has 0 bridgehead atoms. The van der Waals surface area contributed by atoms with Gasteiger partial charge >= 0.3 is 0 Å². The second kappa shape index (κ2) is 5.72. The van der Waals surface area contributed by atoms with Crippen molar-refractivity contribution in [1.29, 1.82) is 0 Å². The summed E-state index contributed by atoms with van der Waals surface area (Å²) in [6.07, 6.45) is 0. The summed E-state index contributed by atoms with van der Waals surface area (Å²) in [7, 11) is 1.84. The van der Waals surface area contributed by atoms with Crippen LogP contribution in [0, 0.1) is 5.82 Å². The summed E-state index contributed by atoms with van der Waals surface area (Å²) in [5, 5.41) is 0. The first kappa shape index (κ1) is 14.0. The third-order valence-corrected chi connectivity index (χ3v) is 3.55. The first-order valence-electron chi connectivity index (χ1n) is 6.04. The molecule has 1 unspecified atom stereocenters. The Hall–Kier alpha value is -1.39. The zero-order chi connectivity index (χ0) is 14.0. The van der Waals surface area contributed by atoms with Crippen molar-refractivity contribution in [2.45, 2.75) is 13.0 Å². The molecule has 0 fully saturated rings. The Labute approximate surface area is 121 Å². The van der Waals surface area contributed by atoms with Gasteiger partial charge < -0.3 is 10.6 Å². The zero-order valence-corrected chi connectivity index (χ0v) is 12.5. The number of hydrogen-bond donors (Lipinski definition) is 1. The lowest BCUT2D eigenvalue weighted by Crippen LogP contribution is -2.16. The molecule has 2 nitrogen and oxygen atoms in total. The highest BCUT2D eigenvalue weighted by atomic mass is 79.9. The Morgan fingerprint density at radius 3 is 2.47 bits per heavy atom. The summed E-state index contributed by atoms with van der Waals surface area (Å²) in [5.74, 6) is -0.247. The maximum atomic E-state index is 13.9. The lowest BCUT2D eigenvalue weighted by atomic mass is 10.1. The van der Waals surface area contributed by atoms with Crippen molar-refractivity contribution < 1.29 is 4.39 Å². The highest BCUT2D eigenvalue weighted by Crippen LogP contribution is 2.33. The van der Waals surface area contributed by atoms with Gasteiger partial charge in [0.05, 0.1) is 5.69 Å². The molecule has 0 aliphatic heterocycles. The number of rotatable bonds is 3. The van der Waals surface area contributed by atoms with Gasteiger partial charge in [0.15, 0.2) is 0 Å². The second-order valence-electron chi connectivity index (χ2n) is 4.50. The summed E-state index contributed by atoms with van der Waals surface area (Å²) >= 11 is 3.44. The van der Waals surface area contributed by atoms with E-state index in [1.165, 1.54) is 6.07 Å². The molecule has 2 aromatic rings. The van der Waals surface area contributed by atoms with Gasteiger partial charge in [-0.2, -0.15) is 0 Å². The summed E-state index contributed by atoms with van der Waals surface area (Å²) in [4.78, 5) is 1.82. The smallest absolute Gasteiger partial charge is 0.146 e. The van der Waals surface area contributed by atoms with Gasteiger partial charge in [-0.15, -0.1) is 0 Å². The average molecular weight is 323 g/mol. The summed E-state index contributed by atoms with van der Waals surface area (Å²) in [6, 6.07) is 12.4. The number of anilines is 2. The molecule has 2 N–H and O–H groups in total. The molecular weight excluding hydrogens is 307 g/mol. The normalized spacial score (nSPS) is 12.3. The highest BCUT2D eigenvalue weighted by Gasteiger charge is 2.14. The third-order valence-electron chi connectivity index (χ3n) is 3.06. The van der Waals surface area contributed by atoms with Crippen LogP contribution in [-0.4, -0.2) is 7.05 Å². The molecule has 0 saturated heterocycles. The molecule has 0 heterocycles. The molecular formula is C15H16BrFN2. The van der Waals surface area contributed by atoms with Gasteiger partial charge in [-0.3, -0.25) is 0 Å². The van der Waals surface area contributed by atoms with Crippen LogP contribution >= 0.6 is 15.9 Å². The number of nitrogens with zero attached hydrogens (tertiary/aromatic N) is 1. The van der Waals surface area contributed by atoms with Crippen LogP contribution in [0.25, 0.3) is 0 Å². The molecule has 0 saturated carbocycles. The van der Waals surface area contributed by atoms with E-state index in [0.717, 1.165) is 15.7 Å². The van der Waals surface area contributed by atoms with Crippen molar-refractivity contribution in [2.24, 2.45) is 5.73 Å². The van der Waals surface area contributed by atoms with E-state index in [2.05, 4.69) is 15.9 Å². The molecule has 0 radical (unpaired) electrons. The zero-order valence-electron chi connectivity index (χ0n) is 10.9. The van der Waals surface area contributed by atoms with E-state index in [1.54, 1.807) is 12.1 Å². The van der Waals surface area contributed by atoms with Gasteiger partial charge in [-0.05, 0) is 42.8 Å². The number of hydrogen-bond acceptors (Lipinski definition) is 2. The lowest BCUT2D eigenvalue weighted by molar-refractivity contribution is 0.627. The minimum absolute atomic E-state index is 0.123. The van der Waals surface area contributed by atoms with Crippen LogP contribution in [0.3, 0.4) is 0 Å². The van der Waals surface area contributed by atoms with Gasteiger partial charge in [0.1, 0.15) is 5.82 Å². The summed E-state index contributed by atoms with van der Waals surface area (Å²) < 4.78 is 14.8. The van der Waals surface area contributed by atoms with E-state index in [0.29, 0.717) is 5.69 Å². The van der Waals surface area contributed by atoms with Gasteiger partial charge in [0.2, 0.25) is 0 Å². The largest absolute Gasteiger partial charge is 0.342 e. The minimum atomic E-state index is -0.247. The SMILES string of the molecule is CC(N)c1cc(Br)ccc1N(C)c1ccccc1F. The number of halogens is 2. The Kier molecular flexibility index (Phi) is 4.22. The monoisotopic (exact) mass is 322 g/mol. The quantitative estimate of drug-likeness (QED) is 0.908. The summed E-state index contributed by atoms with van der Waals surface area (Å²) in [5.41, 5.74) is 8.41. The van der Waals surface area contributed by atoms with E-state index in [4.69, 9.17) is 5.73 Å². The van der Waals surface area contributed by atoms with Crippen LogP contribution in [-0.2, 0) is 0 Å². The molecule has 19 heavy (non-hydrogen) atoms. The van der Waals surface area contributed by atoms with Gasteiger partial charge in [0, 0.05) is 23.2 Å². The van der Waals surface area contributed by atoms with Crippen molar-refractivity contribution in [3.05, 3.63) is 58.3 Å². The van der Waals surface area contributed by atoms with Crippen LogP contribution in [0.15, 0.2) is 46.9 Å². The number of nitrogens with two attached hydrogens (primary N) is 1. The molecule has 0 amide bonds. The molecule has 2 aromatic carbocycles. The van der Waals surface area contributed by atoms with Crippen molar-refractivity contribution in [3.8, 4) is 0 Å². The molecule has 2 rings (SSSR count). The maximum absolute atomic E-state index is 13.9. The predicted octanol–water partition coefficient (Wildman–Crippen LogP) is 4.38. The maximum Gasteiger partial charge on any atom is 0.146 e. The van der Waals surface area contributed by atoms with Crippen LogP contribution in [0.4, 0.5) is 15.8 Å². The highest BCUT2D eigenvalue weighted by molar-refractivity contribution is 9.10. The van der Waals surface area contributed by atoms with Crippen LogP contribution in [0.2, 0.25) is 0 Å². The first-order chi connectivity index (χ1) is 9.00. The molecule has 0 spiro atoms. The minimum Gasteiger partial charge on any atom is -0.342 e. The Morgan fingerprint density at radius 1 is 1.16 bits per heavy atom. The molecule has 4 heteroatoms. The van der Waals surface area contributed by atoms with Crippen molar-refractivity contribution in [2.75, 3.05) is 11.9 Å². The lowest BCUT2D eigenvalue weighted by Gasteiger charge is -2.24.